The van der Waals surface area contributed by atoms with Crippen molar-refractivity contribution in [2.75, 3.05) is 13.1 Å². The molecule has 310 valence electrons. The number of amides is 6. The molecule has 0 aromatic carbocycles. The number of primary amides is 1. The van der Waals surface area contributed by atoms with Gasteiger partial charge in [0.25, 0.3) is 0 Å². The quantitative estimate of drug-likeness (QED) is 0.0288. The van der Waals surface area contributed by atoms with Crippen LogP contribution in [0.1, 0.15) is 66.7 Å². The van der Waals surface area contributed by atoms with E-state index < -0.39 is 115 Å². The fourth-order valence-corrected chi connectivity index (χ4v) is 4.08. The van der Waals surface area contributed by atoms with Gasteiger partial charge in [0.1, 0.15) is 30.2 Å². The molecule has 16 N–H and O–H groups in total. The number of carbonyl (C=O) groups is 8. The molecule has 0 aromatic heterocycles. The van der Waals surface area contributed by atoms with E-state index in [2.05, 4.69) is 31.6 Å². The summed E-state index contributed by atoms with van der Waals surface area (Å²) in [5, 5.41) is 38.3. The number of hydrogen-bond acceptors (Lipinski definition) is 11. The molecule has 0 aliphatic rings. The minimum absolute atomic E-state index is 0.0215. The number of aliphatic hydroxyl groups excluding tert-OH is 1. The van der Waals surface area contributed by atoms with Crippen LogP contribution >= 0.6 is 0 Å². The zero-order valence-electron chi connectivity index (χ0n) is 30.6. The molecule has 0 aliphatic heterocycles. The van der Waals surface area contributed by atoms with Crippen molar-refractivity contribution >= 4 is 53.3 Å². The lowest BCUT2D eigenvalue weighted by Gasteiger charge is -2.29. The number of nitrogens with two attached hydrogens (primary N) is 4. The number of rotatable bonds is 22. The summed E-state index contributed by atoms with van der Waals surface area (Å²) < 4.78 is 31.7. The monoisotopic (exact) mass is 786 g/mol. The van der Waals surface area contributed by atoms with E-state index in [1.54, 1.807) is 27.7 Å². The summed E-state index contributed by atoms with van der Waals surface area (Å²) in [6.45, 7) is 7.67. The lowest BCUT2D eigenvalue weighted by Crippen LogP contribution is -2.59. The third kappa shape index (κ3) is 20.7. The van der Waals surface area contributed by atoms with E-state index in [9.17, 15) is 56.9 Å². The highest BCUT2D eigenvalue weighted by Crippen LogP contribution is 2.14. The largest absolute Gasteiger partial charge is 0.490 e. The SMILES string of the molecule is CC[C@H](C)[C@H](NC(=O)CNC(=O)[C@H](CC(N)=O)NC(=O)[C@@H](N)[C@@H](C)O)C(=O)N[C@H](C(=O)N[C@@H](CCCN=C(N)N)C(=O)O)[C@@H](C)CC.O=C(O)C(F)(F)F. The van der Waals surface area contributed by atoms with Crippen molar-refractivity contribution < 1.29 is 66.8 Å². The molecule has 0 spiro atoms. The van der Waals surface area contributed by atoms with Crippen molar-refractivity contribution in [1.29, 1.82) is 0 Å². The van der Waals surface area contributed by atoms with E-state index in [1.807, 2.05) is 0 Å². The smallest absolute Gasteiger partial charge is 0.480 e. The van der Waals surface area contributed by atoms with Crippen LogP contribution in [0.4, 0.5) is 13.2 Å². The maximum absolute atomic E-state index is 13.4. The maximum atomic E-state index is 13.4. The van der Waals surface area contributed by atoms with Gasteiger partial charge in [0.2, 0.25) is 35.4 Å². The van der Waals surface area contributed by atoms with Crippen molar-refractivity contribution in [2.45, 2.75) is 109 Å². The van der Waals surface area contributed by atoms with E-state index in [0.717, 1.165) is 0 Å². The lowest BCUT2D eigenvalue weighted by atomic mass is 9.94. The van der Waals surface area contributed by atoms with Crippen LogP contribution in [0.5, 0.6) is 0 Å². The Morgan fingerprint density at radius 3 is 1.61 bits per heavy atom. The van der Waals surface area contributed by atoms with Crippen LogP contribution in [0.2, 0.25) is 0 Å². The molecule has 0 saturated carbocycles. The number of aliphatic imine (C=N–C) groups is 1. The molecule has 0 aromatic rings. The number of alkyl halides is 3. The summed E-state index contributed by atoms with van der Waals surface area (Å²) in [5.41, 5.74) is 21.3. The molecule has 0 bridgehead atoms. The number of carboxylic acids is 2. The number of aliphatic carboxylic acids is 2. The Hall–Kier alpha value is -5.26. The van der Waals surface area contributed by atoms with Gasteiger partial charge in [-0.2, -0.15) is 13.2 Å². The van der Waals surface area contributed by atoms with Gasteiger partial charge >= 0.3 is 18.1 Å². The van der Waals surface area contributed by atoms with E-state index in [0.29, 0.717) is 12.8 Å². The fraction of sp³-hybridized carbons (Fsp3) is 0.700. The van der Waals surface area contributed by atoms with Gasteiger partial charge in [0, 0.05) is 6.54 Å². The zero-order valence-corrected chi connectivity index (χ0v) is 30.6. The molecule has 0 heterocycles. The van der Waals surface area contributed by atoms with Gasteiger partial charge in [0.15, 0.2) is 5.96 Å². The molecular weight excluding hydrogens is 733 g/mol. The Balaban J connectivity index is 0. The number of halogens is 3. The summed E-state index contributed by atoms with van der Waals surface area (Å²) in [4.78, 5) is 100. The topological polar surface area (TPSA) is 374 Å². The van der Waals surface area contributed by atoms with Gasteiger partial charge in [-0.3, -0.25) is 33.8 Å². The number of hydrogen-bond donors (Lipinski definition) is 12. The Bertz CT molecular complexity index is 1330. The molecule has 54 heavy (non-hydrogen) atoms. The van der Waals surface area contributed by atoms with Gasteiger partial charge in [-0.25, -0.2) is 9.59 Å². The zero-order chi connectivity index (χ0) is 42.5. The van der Waals surface area contributed by atoms with Gasteiger partial charge in [-0.05, 0) is 31.6 Å². The van der Waals surface area contributed by atoms with Gasteiger partial charge in [-0.1, -0.05) is 40.5 Å². The number of nitrogens with one attached hydrogen (secondary N) is 5. The van der Waals surface area contributed by atoms with Crippen LogP contribution in [0.15, 0.2) is 4.99 Å². The molecular formula is C30H53F3N10O11. The summed E-state index contributed by atoms with van der Waals surface area (Å²) in [7, 11) is 0. The first kappa shape index (κ1) is 50.8. The summed E-state index contributed by atoms with van der Waals surface area (Å²) in [6, 6.07) is -6.49. The summed E-state index contributed by atoms with van der Waals surface area (Å²) >= 11 is 0. The normalized spacial score (nSPS) is 15.4. The highest BCUT2D eigenvalue weighted by Gasteiger charge is 2.38. The highest BCUT2D eigenvalue weighted by molar-refractivity contribution is 5.96. The molecule has 0 radical (unpaired) electrons. The number of guanidine groups is 1. The third-order valence-corrected chi connectivity index (χ3v) is 7.69. The molecule has 0 saturated heterocycles. The van der Waals surface area contributed by atoms with E-state index in [-0.39, 0.29) is 25.3 Å². The number of carbonyl (C=O) groups excluding carboxylic acids is 6. The highest BCUT2D eigenvalue weighted by atomic mass is 19.4. The fourth-order valence-electron chi connectivity index (χ4n) is 4.08. The summed E-state index contributed by atoms with van der Waals surface area (Å²) in [5.74, 6) is -10.1. The second-order valence-electron chi connectivity index (χ2n) is 12.2. The number of nitrogens with zero attached hydrogens (tertiary/aromatic N) is 1. The van der Waals surface area contributed by atoms with Crippen LogP contribution in [0, 0.1) is 11.8 Å². The van der Waals surface area contributed by atoms with E-state index in [1.165, 1.54) is 6.92 Å². The first-order valence-electron chi connectivity index (χ1n) is 16.6. The Morgan fingerprint density at radius 1 is 0.741 bits per heavy atom. The number of aliphatic hydroxyl groups is 1. The average molecular weight is 787 g/mol. The van der Waals surface area contributed by atoms with Crippen molar-refractivity contribution in [1.82, 2.24) is 26.6 Å². The summed E-state index contributed by atoms with van der Waals surface area (Å²) in [6.07, 6.45) is -5.81. The number of carboxylic acid groups (broad SMARTS) is 2. The van der Waals surface area contributed by atoms with Crippen molar-refractivity contribution in [3.8, 4) is 0 Å². The second kappa shape index (κ2) is 24.9. The minimum Gasteiger partial charge on any atom is -0.480 e. The van der Waals surface area contributed by atoms with Crippen molar-refractivity contribution in [3.63, 3.8) is 0 Å². The lowest BCUT2D eigenvalue weighted by molar-refractivity contribution is -0.192. The third-order valence-electron chi connectivity index (χ3n) is 7.69. The molecule has 0 fully saturated rings. The first-order chi connectivity index (χ1) is 24.8. The molecule has 6 amide bonds. The standard InChI is InChI=1S/C28H52N10O9.C2HF3O2/c1-6-13(3)21(37-19(41)12-34-23(42)17(11-18(29)40)36-24(43)20(30)15(5)39)26(45)38-22(14(4)7-2)25(44)35-16(27(46)47)9-8-10-33-28(31)32;3-2(4,5)1(6)7/h13-17,20-22,39H,6-12,30H2,1-5H3,(H2,29,40)(H,34,42)(H,35,44)(H,36,43)(H,37,41)(H,38,45)(H,46,47)(H4,31,32,33);(H,6,7)/t13-,14-,15+,16-,17-,20-,21-,22-;/m0./s1. The van der Waals surface area contributed by atoms with E-state index in [4.69, 9.17) is 32.8 Å². The van der Waals surface area contributed by atoms with E-state index >= 15 is 0 Å². The Labute approximate surface area is 309 Å². The van der Waals surface area contributed by atoms with Crippen LogP contribution < -0.4 is 49.5 Å². The molecule has 0 aliphatic carbocycles. The van der Waals surface area contributed by atoms with Crippen LogP contribution in [-0.2, 0) is 38.4 Å². The van der Waals surface area contributed by atoms with Gasteiger partial charge in [0.05, 0.1) is 19.1 Å². The average Bonchev–Trinajstić information content (AvgIpc) is 3.07. The van der Waals surface area contributed by atoms with Crippen LogP contribution in [0.3, 0.4) is 0 Å². The molecule has 8 atom stereocenters. The molecule has 24 heteroatoms. The minimum atomic E-state index is -5.08. The maximum Gasteiger partial charge on any atom is 0.490 e. The van der Waals surface area contributed by atoms with Gasteiger partial charge in [-0.15, -0.1) is 0 Å². The molecule has 0 rings (SSSR count). The van der Waals surface area contributed by atoms with Gasteiger partial charge < -0.3 is 64.8 Å². The second-order valence-corrected chi connectivity index (χ2v) is 12.2. The van der Waals surface area contributed by atoms with Crippen LogP contribution in [0.25, 0.3) is 0 Å². The Kier molecular flexibility index (Phi) is 23.4. The molecule has 0 unspecified atom stereocenters. The van der Waals surface area contributed by atoms with Crippen molar-refractivity contribution in [2.24, 2.45) is 39.8 Å². The van der Waals surface area contributed by atoms with Crippen LogP contribution in [-0.4, -0.2) is 124 Å². The first-order valence-corrected chi connectivity index (χ1v) is 16.6. The predicted molar refractivity (Wildman–Crippen MR) is 184 cm³/mol. The molecule has 21 nitrogen and oxygen atoms in total. The predicted octanol–water partition coefficient (Wildman–Crippen LogP) is -3.51. The van der Waals surface area contributed by atoms with Crippen molar-refractivity contribution in [3.05, 3.63) is 0 Å². The Morgan fingerprint density at radius 2 is 1.20 bits per heavy atom.